The van der Waals surface area contributed by atoms with Gasteiger partial charge in [-0.2, -0.15) is 18.4 Å². The minimum absolute atomic E-state index is 0.0276. The van der Waals surface area contributed by atoms with Crippen molar-refractivity contribution in [2.24, 2.45) is 0 Å². The molecule has 0 fully saturated rings. The zero-order chi connectivity index (χ0) is 15.3. The number of alkyl halides is 4. The van der Waals surface area contributed by atoms with E-state index in [1.54, 1.807) is 6.07 Å². The molecule has 8 heteroatoms. The number of hydrogen-bond acceptors (Lipinski definition) is 4. The molecule has 0 aromatic heterocycles. The summed E-state index contributed by atoms with van der Waals surface area (Å²) in [5, 5.41) is 8.96. The quantitative estimate of drug-likeness (QED) is 0.482. The third-order valence-corrected chi connectivity index (χ3v) is 3.51. The second-order valence-corrected chi connectivity index (χ2v) is 5.02. The van der Waals surface area contributed by atoms with Gasteiger partial charge in [-0.3, -0.25) is 4.79 Å². The molecule has 20 heavy (non-hydrogen) atoms. The number of carbonyl (C=O) groups is 1. The minimum atomic E-state index is -4.56. The number of carbonyl (C=O) groups excluding carboxylic acids is 1. The lowest BCUT2D eigenvalue weighted by Gasteiger charge is -2.13. The molecule has 0 spiro atoms. The summed E-state index contributed by atoms with van der Waals surface area (Å²) >= 11 is 5.21. The lowest BCUT2D eigenvalue weighted by atomic mass is 10.0. The smallest absolute Gasteiger partial charge is 0.446 e. The highest BCUT2D eigenvalue weighted by Crippen LogP contribution is 2.41. The normalized spacial score (nSPS) is 11.0. The fourth-order valence-corrected chi connectivity index (χ4v) is 2.37. The molecule has 0 atom stereocenters. The number of ether oxygens (including phenoxy) is 1. The topological polar surface area (TPSA) is 50.1 Å². The molecule has 108 valence electrons. The van der Waals surface area contributed by atoms with Crippen LogP contribution in [0, 0.1) is 11.3 Å². The summed E-state index contributed by atoms with van der Waals surface area (Å²) in [7, 11) is 1.13. The SMILES string of the molecule is COC(=O)Cc1cc(CCl)cc(C#N)c1SC(F)(F)F. The molecular formula is C12H9ClF3NO2S. The largest absolute Gasteiger partial charge is 0.469 e. The van der Waals surface area contributed by atoms with E-state index < -0.39 is 23.2 Å². The molecule has 1 aromatic carbocycles. The van der Waals surface area contributed by atoms with E-state index >= 15 is 0 Å². The fourth-order valence-electron chi connectivity index (χ4n) is 1.51. The van der Waals surface area contributed by atoms with Gasteiger partial charge in [0.2, 0.25) is 0 Å². The molecule has 1 rings (SSSR count). The van der Waals surface area contributed by atoms with Gasteiger partial charge in [0.1, 0.15) is 6.07 Å². The van der Waals surface area contributed by atoms with Gasteiger partial charge in [0.15, 0.2) is 0 Å². The van der Waals surface area contributed by atoms with E-state index in [0.717, 1.165) is 7.11 Å². The third kappa shape index (κ3) is 4.62. The number of esters is 1. The number of halogens is 4. The Kier molecular flexibility index (Phi) is 5.72. The van der Waals surface area contributed by atoms with E-state index in [1.165, 1.54) is 12.1 Å². The van der Waals surface area contributed by atoms with Gasteiger partial charge < -0.3 is 4.74 Å². The maximum Gasteiger partial charge on any atom is 0.446 e. The van der Waals surface area contributed by atoms with Crippen LogP contribution in [0.3, 0.4) is 0 Å². The second-order valence-electron chi connectivity index (χ2n) is 3.68. The molecule has 0 aliphatic heterocycles. The molecule has 0 saturated heterocycles. The van der Waals surface area contributed by atoms with Crippen molar-refractivity contribution in [1.29, 1.82) is 5.26 Å². The summed E-state index contributed by atoms with van der Waals surface area (Å²) in [6, 6.07) is 4.35. The van der Waals surface area contributed by atoms with E-state index in [4.69, 9.17) is 16.9 Å². The van der Waals surface area contributed by atoms with Crippen LogP contribution in [0.2, 0.25) is 0 Å². The summed E-state index contributed by atoms with van der Waals surface area (Å²) in [4.78, 5) is 11.0. The first-order valence-corrected chi connectivity index (χ1v) is 6.60. The Morgan fingerprint density at radius 2 is 2.15 bits per heavy atom. The molecule has 0 heterocycles. The van der Waals surface area contributed by atoms with Crippen molar-refractivity contribution in [2.75, 3.05) is 7.11 Å². The lowest BCUT2D eigenvalue weighted by Crippen LogP contribution is -2.09. The summed E-state index contributed by atoms with van der Waals surface area (Å²) < 4.78 is 42.1. The maximum atomic E-state index is 12.6. The predicted octanol–water partition coefficient (Wildman–Crippen LogP) is 3.62. The zero-order valence-electron chi connectivity index (χ0n) is 10.3. The van der Waals surface area contributed by atoms with Crippen molar-refractivity contribution in [3.63, 3.8) is 0 Å². The van der Waals surface area contributed by atoms with E-state index in [0.29, 0.717) is 5.56 Å². The van der Waals surface area contributed by atoms with Crippen molar-refractivity contribution in [2.45, 2.75) is 22.7 Å². The van der Waals surface area contributed by atoms with Gasteiger partial charge in [0.05, 0.1) is 19.1 Å². The first-order valence-electron chi connectivity index (χ1n) is 5.25. The Labute approximate surface area is 122 Å². The van der Waals surface area contributed by atoms with E-state index in [9.17, 15) is 18.0 Å². The maximum absolute atomic E-state index is 12.6. The average molecular weight is 324 g/mol. The van der Waals surface area contributed by atoms with Crippen LogP contribution < -0.4 is 0 Å². The molecule has 0 bridgehead atoms. The van der Waals surface area contributed by atoms with Crippen LogP contribution in [-0.4, -0.2) is 18.6 Å². The van der Waals surface area contributed by atoms with Gasteiger partial charge in [0.25, 0.3) is 0 Å². The molecule has 0 unspecified atom stereocenters. The van der Waals surface area contributed by atoms with Crippen LogP contribution in [0.5, 0.6) is 0 Å². The van der Waals surface area contributed by atoms with Gasteiger partial charge in [-0.05, 0) is 29.0 Å². The van der Waals surface area contributed by atoms with Crippen LogP contribution in [0.15, 0.2) is 17.0 Å². The highest BCUT2D eigenvalue weighted by atomic mass is 35.5. The predicted molar refractivity (Wildman–Crippen MR) is 68.3 cm³/mol. The molecule has 0 saturated carbocycles. The monoisotopic (exact) mass is 323 g/mol. The minimum Gasteiger partial charge on any atom is -0.469 e. The van der Waals surface area contributed by atoms with Crippen molar-refractivity contribution >= 4 is 29.3 Å². The highest BCUT2D eigenvalue weighted by molar-refractivity contribution is 8.00. The van der Waals surface area contributed by atoms with Crippen molar-refractivity contribution in [1.82, 2.24) is 0 Å². The van der Waals surface area contributed by atoms with Crippen LogP contribution >= 0.6 is 23.4 Å². The molecule has 1 aromatic rings. The fraction of sp³-hybridized carbons (Fsp3) is 0.333. The van der Waals surface area contributed by atoms with E-state index in [-0.39, 0.29) is 28.3 Å². The number of rotatable bonds is 4. The van der Waals surface area contributed by atoms with Gasteiger partial charge >= 0.3 is 11.5 Å². The molecule has 0 aliphatic carbocycles. The van der Waals surface area contributed by atoms with Crippen LogP contribution in [0.4, 0.5) is 13.2 Å². The molecular weight excluding hydrogens is 315 g/mol. The molecule has 0 amide bonds. The number of thioether (sulfide) groups is 1. The molecule has 3 nitrogen and oxygen atoms in total. The van der Waals surface area contributed by atoms with Crippen LogP contribution in [0.1, 0.15) is 16.7 Å². The molecule has 0 aliphatic rings. The zero-order valence-corrected chi connectivity index (χ0v) is 11.8. The summed E-state index contributed by atoms with van der Waals surface area (Å²) in [5.41, 5.74) is -4.18. The van der Waals surface area contributed by atoms with Gasteiger partial charge in [-0.1, -0.05) is 6.07 Å². The van der Waals surface area contributed by atoms with Crippen molar-refractivity contribution < 1.29 is 22.7 Å². The van der Waals surface area contributed by atoms with Crippen LogP contribution in [-0.2, 0) is 21.8 Å². The summed E-state index contributed by atoms with van der Waals surface area (Å²) in [6.45, 7) is 0. The second kappa shape index (κ2) is 6.86. The Balaban J connectivity index is 3.35. The van der Waals surface area contributed by atoms with Gasteiger partial charge in [-0.25, -0.2) is 0 Å². The Morgan fingerprint density at radius 3 is 2.60 bits per heavy atom. The number of benzene rings is 1. The number of methoxy groups -OCH3 is 1. The van der Waals surface area contributed by atoms with Gasteiger partial charge in [0, 0.05) is 10.8 Å². The Bertz CT molecular complexity index is 555. The van der Waals surface area contributed by atoms with Crippen molar-refractivity contribution in [3.05, 3.63) is 28.8 Å². The lowest BCUT2D eigenvalue weighted by molar-refractivity contribution is -0.139. The van der Waals surface area contributed by atoms with Crippen LogP contribution in [0.25, 0.3) is 0 Å². The van der Waals surface area contributed by atoms with E-state index in [2.05, 4.69) is 4.74 Å². The third-order valence-electron chi connectivity index (χ3n) is 2.28. The van der Waals surface area contributed by atoms with Gasteiger partial charge in [-0.15, -0.1) is 11.6 Å². The summed E-state index contributed by atoms with van der Waals surface area (Å²) in [6.07, 6.45) is -0.353. The van der Waals surface area contributed by atoms with E-state index in [1.807, 2.05) is 0 Å². The first kappa shape index (κ1) is 16.7. The first-order chi connectivity index (χ1) is 9.30. The number of nitrogens with zero attached hydrogens (tertiary/aromatic N) is 1. The summed E-state index contributed by atoms with van der Waals surface area (Å²) in [5.74, 6) is -0.663. The Hall–Kier alpha value is -1.39. The average Bonchev–Trinajstić information content (AvgIpc) is 2.38. The standard InChI is InChI=1S/C12H9ClF3NO2S/c1-19-10(18)4-8-2-7(5-13)3-9(6-17)11(8)20-12(14,15)16/h2-3H,4-5H2,1H3. The number of hydrogen-bond donors (Lipinski definition) is 0. The number of nitriles is 1. The molecule has 0 N–H and O–H groups in total. The highest BCUT2D eigenvalue weighted by Gasteiger charge is 2.32. The van der Waals surface area contributed by atoms with Crippen molar-refractivity contribution in [3.8, 4) is 6.07 Å². The molecule has 0 radical (unpaired) electrons. The Morgan fingerprint density at radius 1 is 1.50 bits per heavy atom.